The Labute approximate surface area is 83.9 Å². The minimum absolute atomic E-state index is 0.357. The molecule has 0 aliphatic heterocycles. The number of benzene rings is 1. The van der Waals surface area contributed by atoms with Crippen LogP contribution >= 0.6 is 11.6 Å². The van der Waals surface area contributed by atoms with E-state index in [4.69, 9.17) is 16.3 Å². The molecule has 0 spiro atoms. The van der Waals surface area contributed by atoms with Crippen LogP contribution in [0.15, 0.2) is 24.3 Å². The van der Waals surface area contributed by atoms with Crippen molar-refractivity contribution in [1.29, 1.82) is 0 Å². The van der Waals surface area contributed by atoms with Crippen molar-refractivity contribution in [2.45, 2.75) is 13.0 Å². The van der Waals surface area contributed by atoms with E-state index in [1.54, 1.807) is 0 Å². The first-order chi connectivity index (χ1) is 6.22. The van der Waals surface area contributed by atoms with E-state index in [0.717, 1.165) is 10.8 Å². The fraction of sp³-hybridized carbons (Fsp3) is 0.400. The van der Waals surface area contributed by atoms with Crippen LogP contribution < -0.4 is 10.1 Å². The van der Waals surface area contributed by atoms with Gasteiger partial charge < -0.3 is 10.1 Å². The average molecular weight is 200 g/mol. The lowest BCUT2D eigenvalue weighted by atomic mass is 10.3. The normalized spacial score (nSPS) is 12.5. The lowest BCUT2D eigenvalue weighted by Gasteiger charge is -2.11. The third kappa shape index (κ3) is 3.66. The summed E-state index contributed by atoms with van der Waals surface area (Å²) in [6.45, 7) is 2.73. The van der Waals surface area contributed by atoms with Crippen LogP contribution in [-0.2, 0) is 0 Å². The molecule has 0 fully saturated rings. The Kier molecular flexibility index (Phi) is 4.06. The molecule has 0 heterocycles. The zero-order valence-electron chi connectivity index (χ0n) is 7.88. The molecular formula is C10H14ClNO. The van der Waals surface area contributed by atoms with E-state index in [0.29, 0.717) is 12.6 Å². The van der Waals surface area contributed by atoms with E-state index >= 15 is 0 Å². The Hall–Kier alpha value is -0.730. The maximum absolute atomic E-state index is 5.73. The van der Waals surface area contributed by atoms with Crippen molar-refractivity contribution in [2.24, 2.45) is 0 Å². The standard InChI is InChI=1S/C10H14ClNO/c1-8(12-2)7-13-10-5-3-9(11)4-6-10/h3-6,8,12H,7H2,1-2H3/t8-/m1/s1. The van der Waals surface area contributed by atoms with Crippen molar-refractivity contribution in [3.63, 3.8) is 0 Å². The minimum Gasteiger partial charge on any atom is -0.492 e. The van der Waals surface area contributed by atoms with Crippen molar-refractivity contribution < 1.29 is 4.74 Å². The van der Waals surface area contributed by atoms with Crippen LogP contribution in [0, 0.1) is 0 Å². The number of hydrogen-bond donors (Lipinski definition) is 1. The van der Waals surface area contributed by atoms with Crippen molar-refractivity contribution in [3.8, 4) is 5.75 Å². The summed E-state index contributed by atoms with van der Waals surface area (Å²) in [6, 6.07) is 7.73. The highest BCUT2D eigenvalue weighted by molar-refractivity contribution is 6.30. The zero-order valence-corrected chi connectivity index (χ0v) is 8.64. The molecule has 0 aliphatic carbocycles. The van der Waals surface area contributed by atoms with Crippen LogP contribution in [0.5, 0.6) is 5.75 Å². The van der Waals surface area contributed by atoms with Crippen molar-refractivity contribution in [3.05, 3.63) is 29.3 Å². The maximum Gasteiger partial charge on any atom is 0.119 e. The molecule has 0 bridgehead atoms. The second kappa shape index (κ2) is 5.10. The third-order valence-corrected chi connectivity index (χ3v) is 2.06. The number of ether oxygens (including phenoxy) is 1. The van der Waals surface area contributed by atoms with Gasteiger partial charge in [0.25, 0.3) is 0 Å². The van der Waals surface area contributed by atoms with E-state index in [-0.39, 0.29) is 0 Å². The summed E-state index contributed by atoms with van der Waals surface area (Å²) in [5.74, 6) is 0.853. The van der Waals surface area contributed by atoms with E-state index in [1.165, 1.54) is 0 Å². The molecule has 1 N–H and O–H groups in total. The highest BCUT2D eigenvalue weighted by Crippen LogP contribution is 2.15. The quantitative estimate of drug-likeness (QED) is 0.804. The van der Waals surface area contributed by atoms with Crippen LogP contribution in [-0.4, -0.2) is 19.7 Å². The fourth-order valence-corrected chi connectivity index (χ4v) is 0.961. The highest BCUT2D eigenvalue weighted by atomic mass is 35.5. The Morgan fingerprint density at radius 2 is 2.00 bits per heavy atom. The number of likely N-dealkylation sites (N-methyl/N-ethyl adjacent to an activating group) is 1. The lowest BCUT2D eigenvalue weighted by molar-refractivity contribution is 0.280. The van der Waals surface area contributed by atoms with Crippen molar-refractivity contribution in [2.75, 3.05) is 13.7 Å². The van der Waals surface area contributed by atoms with Crippen LogP contribution in [0.4, 0.5) is 0 Å². The first-order valence-electron chi connectivity index (χ1n) is 4.28. The number of rotatable bonds is 4. The largest absolute Gasteiger partial charge is 0.492 e. The molecule has 0 aliphatic rings. The fourth-order valence-electron chi connectivity index (χ4n) is 0.835. The van der Waals surface area contributed by atoms with E-state index in [2.05, 4.69) is 12.2 Å². The maximum atomic E-state index is 5.73. The monoisotopic (exact) mass is 199 g/mol. The molecule has 1 aromatic rings. The molecule has 0 unspecified atom stereocenters. The van der Waals surface area contributed by atoms with Gasteiger partial charge in [0.05, 0.1) is 0 Å². The van der Waals surface area contributed by atoms with Crippen molar-refractivity contribution in [1.82, 2.24) is 5.32 Å². The summed E-state index contributed by atoms with van der Waals surface area (Å²) in [5.41, 5.74) is 0. The van der Waals surface area contributed by atoms with Gasteiger partial charge in [-0.2, -0.15) is 0 Å². The topological polar surface area (TPSA) is 21.3 Å². The van der Waals surface area contributed by atoms with Crippen molar-refractivity contribution >= 4 is 11.6 Å². The summed E-state index contributed by atoms with van der Waals surface area (Å²) in [5, 5.41) is 3.83. The summed E-state index contributed by atoms with van der Waals surface area (Å²) in [4.78, 5) is 0. The Bertz CT molecular complexity index is 248. The van der Waals surface area contributed by atoms with Gasteiger partial charge in [-0.25, -0.2) is 0 Å². The number of halogens is 1. The predicted octanol–water partition coefficient (Wildman–Crippen LogP) is 2.33. The van der Waals surface area contributed by atoms with E-state index < -0.39 is 0 Å². The molecule has 0 radical (unpaired) electrons. The first-order valence-corrected chi connectivity index (χ1v) is 4.66. The predicted molar refractivity (Wildman–Crippen MR) is 55.5 cm³/mol. The van der Waals surface area contributed by atoms with Gasteiger partial charge in [0.2, 0.25) is 0 Å². The molecule has 1 atom stereocenters. The Morgan fingerprint density at radius 3 is 2.54 bits per heavy atom. The van der Waals surface area contributed by atoms with E-state index in [1.807, 2.05) is 31.3 Å². The molecule has 2 nitrogen and oxygen atoms in total. The molecule has 72 valence electrons. The second-order valence-corrected chi connectivity index (χ2v) is 3.39. The molecule has 0 amide bonds. The van der Waals surface area contributed by atoms with Gasteiger partial charge in [0, 0.05) is 11.1 Å². The summed E-state index contributed by atoms with van der Waals surface area (Å²) in [6.07, 6.45) is 0. The van der Waals surface area contributed by atoms with Gasteiger partial charge in [-0.3, -0.25) is 0 Å². The van der Waals surface area contributed by atoms with Gasteiger partial charge in [0.1, 0.15) is 12.4 Å². The summed E-state index contributed by atoms with van der Waals surface area (Å²) in [7, 11) is 1.91. The molecule has 1 aromatic carbocycles. The van der Waals surface area contributed by atoms with E-state index in [9.17, 15) is 0 Å². The third-order valence-electron chi connectivity index (χ3n) is 1.81. The summed E-state index contributed by atoms with van der Waals surface area (Å²) >= 11 is 5.73. The second-order valence-electron chi connectivity index (χ2n) is 2.95. The molecule has 0 saturated heterocycles. The molecular weight excluding hydrogens is 186 g/mol. The van der Waals surface area contributed by atoms with Gasteiger partial charge in [-0.15, -0.1) is 0 Å². The summed E-state index contributed by atoms with van der Waals surface area (Å²) < 4.78 is 5.49. The van der Waals surface area contributed by atoms with Crippen LogP contribution in [0.3, 0.4) is 0 Å². The number of hydrogen-bond acceptors (Lipinski definition) is 2. The highest BCUT2D eigenvalue weighted by Gasteiger charge is 1.98. The number of nitrogens with one attached hydrogen (secondary N) is 1. The Balaban J connectivity index is 2.41. The minimum atomic E-state index is 0.357. The van der Waals surface area contributed by atoms with Gasteiger partial charge in [-0.1, -0.05) is 11.6 Å². The molecule has 13 heavy (non-hydrogen) atoms. The SMILES string of the molecule is CN[C@H](C)COc1ccc(Cl)cc1. The van der Waals surface area contributed by atoms with Crippen LogP contribution in [0.1, 0.15) is 6.92 Å². The molecule has 0 aromatic heterocycles. The molecule has 0 saturated carbocycles. The average Bonchev–Trinajstić information content (AvgIpc) is 2.16. The van der Waals surface area contributed by atoms with Crippen LogP contribution in [0.25, 0.3) is 0 Å². The Morgan fingerprint density at radius 1 is 1.38 bits per heavy atom. The molecule has 1 rings (SSSR count). The smallest absolute Gasteiger partial charge is 0.119 e. The van der Waals surface area contributed by atoms with Gasteiger partial charge >= 0.3 is 0 Å². The van der Waals surface area contributed by atoms with Crippen LogP contribution in [0.2, 0.25) is 5.02 Å². The molecule has 3 heteroatoms. The van der Waals surface area contributed by atoms with Gasteiger partial charge in [-0.05, 0) is 38.2 Å². The lowest BCUT2D eigenvalue weighted by Crippen LogP contribution is -2.28. The first kappa shape index (κ1) is 10.4. The van der Waals surface area contributed by atoms with Gasteiger partial charge in [0.15, 0.2) is 0 Å². The zero-order chi connectivity index (χ0) is 9.68.